The van der Waals surface area contributed by atoms with Crippen LogP contribution in [0.3, 0.4) is 0 Å². The highest BCUT2D eigenvalue weighted by Crippen LogP contribution is 2.15. The monoisotopic (exact) mass is 309 g/mol. The van der Waals surface area contributed by atoms with Gasteiger partial charge in [-0.2, -0.15) is 0 Å². The highest BCUT2D eigenvalue weighted by atomic mass is 35.5. The van der Waals surface area contributed by atoms with Crippen LogP contribution >= 0.6 is 11.6 Å². The van der Waals surface area contributed by atoms with E-state index < -0.39 is 0 Å². The van der Waals surface area contributed by atoms with Gasteiger partial charge in [-0.15, -0.1) is 0 Å². The molecule has 0 aliphatic carbocycles. The molecule has 1 aliphatic rings. The second-order valence-electron chi connectivity index (χ2n) is 5.66. The number of likely N-dealkylation sites (N-methyl/N-ethyl adjacent to an activating group) is 1. The van der Waals surface area contributed by atoms with Crippen molar-refractivity contribution in [3.63, 3.8) is 0 Å². The topological polar surface area (TPSA) is 35.6 Å². The number of carbonyl (C=O) groups excluding carboxylic acids is 1. The average molecular weight is 310 g/mol. The van der Waals surface area contributed by atoms with E-state index in [0.717, 1.165) is 31.2 Å². The molecule has 1 fully saturated rings. The van der Waals surface area contributed by atoms with Gasteiger partial charge in [0.05, 0.1) is 0 Å². The molecule has 0 unspecified atom stereocenters. The molecule has 2 rings (SSSR count). The lowest BCUT2D eigenvalue weighted by atomic mass is 10.1. The van der Waals surface area contributed by atoms with E-state index in [4.69, 9.17) is 11.6 Å². The SMILES string of the molecule is C[C@@H](NCCC(=O)N1CCN(C)CC1)c1ccc(Cl)cc1. The molecule has 4 nitrogen and oxygen atoms in total. The molecule has 1 heterocycles. The van der Waals surface area contributed by atoms with Gasteiger partial charge in [-0.05, 0) is 31.7 Å². The number of nitrogens with one attached hydrogen (secondary N) is 1. The molecule has 0 aromatic heterocycles. The van der Waals surface area contributed by atoms with Crippen molar-refractivity contribution >= 4 is 17.5 Å². The van der Waals surface area contributed by atoms with Gasteiger partial charge < -0.3 is 15.1 Å². The van der Waals surface area contributed by atoms with Gasteiger partial charge in [0.15, 0.2) is 0 Å². The first kappa shape index (κ1) is 16.3. The number of benzene rings is 1. The molecule has 21 heavy (non-hydrogen) atoms. The summed E-state index contributed by atoms with van der Waals surface area (Å²) in [5, 5.41) is 4.14. The van der Waals surface area contributed by atoms with Gasteiger partial charge in [-0.1, -0.05) is 23.7 Å². The van der Waals surface area contributed by atoms with Crippen molar-refractivity contribution in [3.05, 3.63) is 34.9 Å². The van der Waals surface area contributed by atoms with E-state index in [1.165, 1.54) is 5.56 Å². The minimum atomic E-state index is 0.225. The third-order valence-corrected chi connectivity index (χ3v) is 4.27. The van der Waals surface area contributed by atoms with Crippen LogP contribution in [0.25, 0.3) is 0 Å². The van der Waals surface area contributed by atoms with Crippen molar-refractivity contribution in [3.8, 4) is 0 Å². The van der Waals surface area contributed by atoms with Gasteiger partial charge in [0.1, 0.15) is 0 Å². The maximum atomic E-state index is 12.1. The third-order valence-electron chi connectivity index (χ3n) is 4.02. The molecular formula is C16H24ClN3O. The van der Waals surface area contributed by atoms with Gasteiger partial charge in [-0.3, -0.25) is 4.79 Å². The van der Waals surface area contributed by atoms with Gasteiger partial charge >= 0.3 is 0 Å². The lowest BCUT2D eigenvalue weighted by molar-refractivity contribution is -0.132. The fourth-order valence-electron chi connectivity index (χ4n) is 2.48. The van der Waals surface area contributed by atoms with E-state index in [1.807, 2.05) is 29.2 Å². The highest BCUT2D eigenvalue weighted by molar-refractivity contribution is 6.30. The predicted octanol–water partition coefficient (Wildman–Crippen LogP) is 2.15. The molecule has 0 radical (unpaired) electrons. The molecule has 5 heteroatoms. The Balaban J connectivity index is 1.71. The minimum Gasteiger partial charge on any atom is -0.340 e. The number of rotatable bonds is 5. The number of piperazine rings is 1. The van der Waals surface area contributed by atoms with Crippen molar-refractivity contribution in [1.82, 2.24) is 15.1 Å². The van der Waals surface area contributed by atoms with Crippen LogP contribution < -0.4 is 5.32 Å². The molecule has 1 N–H and O–H groups in total. The van der Waals surface area contributed by atoms with E-state index in [9.17, 15) is 4.79 Å². The summed E-state index contributed by atoms with van der Waals surface area (Å²) in [6.45, 7) is 6.45. The normalized spacial score (nSPS) is 17.8. The Labute approximate surface area is 132 Å². The number of hydrogen-bond acceptors (Lipinski definition) is 3. The molecular weight excluding hydrogens is 286 g/mol. The molecule has 1 aliphatic heterocycles. The number of halogens is 1. The number of carbonyl (C=O) groups is 1. The van der Waals surface area contributed by atoms with Crippen molar-refractivity contribution in [1.29, 1.82) is 0 Å². The van der Waals surface area contributed by atoms with E-state index in [-0.39, 0.29) is 11.9 Å². The summed E-state index contributed by atoms with van der Waals surface area (Å²) < 4.78 is 0. The zero-order chi connectivity index (χ0) is 15.2. The first-order chi connectivity index (χ1) is 10.1. The smallest absolute Gasteiger partial charge is 0.223 e. The number of amides is 1. The van der Waals surface area contributed by atoms with Crippen LogP contribution in [0.15, 0.2) is 24.3 Å². The maximum absolute atomic E-state index is 12.1. The molecule has 0 saturated carbocycles. The molecule has 1 aromatic rings. The van der Waals surface area contributed by atoms with Gasteiger partial charge in [0.2, 0.25) is 5.91 Å². The van der Waals surface area contributed by atoms with Crippen molar-refractivity contribution in [2.75, 3.05) is 39.8 Å². The Hall–Kier alpha value is -1.10. The quantitative estimate of drug-likeness (QED) is 0.905. The Kier molecular flexibility index (Phi) is 6.03. The molecule has 0 spiro atoms. The predicted molar refractivity (Wildman–Crippen MR) is 86.6 cm³/mol. The van der Waals surface area contributed by atoms with Gasteiger partial charge in [0, 0.05) is 50.2 Å². The van der Waals surface area contributed by atoms with Crippen LogP contribution in [0.5, 0.6) is 0 Å². The summed E-state index contributed by atoms with van der Waals surface area (Å²) in [5.74, 6) is 0.249. The minimum absolute atomic E-state index is 0.225. The lowest BCUT2D eigenvalue weighted by Crippen LogP contribution is -2.47. The molecule has 116 valence electrons. The summed E-state index contributed by atoms with van der Waals surface area (Å²) in [7, 11) is 2.09. The van der Waals surface area contributed by atoms with E-state index >= 15 is 0 Å². The van der Waals surface area contributed by atoms with Crippen LogP contribution in [0.2, 0.25) is 5.02 Å². The zero-order valence-electron chi connectivity index (χ0n) is 12.8. The summed E-state index contributed by atoms with van der Waals surface area (Å²) in [6.07, 6.45) is 0.557. The fraction of sp³-hybridized carbons (Fsp3) is 0.562. The largest absolute Gasteiger partial charge is 0.340 e. The Morgan fingerprint density at radius 2 is 1.86 bits per heavy atom. The summed E-state index contributed by atoms with van der Waals surface area (Å²) in [6, 6.07) is 8.04. The standard InChI is InChI=1S/C16H24ClN3O/c1-13(14-3-5-15(17)6-4-14)18-8-7-16(21)20-11-9-19(2)10-12-20/h3-6,13,18H,7-12H2,1-2H3/t13-/m1/s1. The third kappa shape index (κ3) is 4.99. The van der Waals surface area contributed by atoms with Crippen LogP contribution in [0, 0.1) is 0 Å². The van der Waals surface area contributed by atoms with Gasteiger partial charge in [0.25, 0.3) is 0 Å². The lowest BCUT2D eigenvalue weighted by Gasteiger charge is -2.32. The number of hydrogen-bond donors (Lipinski definition) is 1. The fourth-order valence-corrected chi connectivity index (χ4v) is 2.60. The van der Waals surface area contributed by atoms with Gasteiger partial charge in [-0.25, -0.2) is 0 Å². The summed E-state index contributed by atoms with van der Waals surface area (Å²) >= 11 is 5.88. The van der Waals surface area contributed by atoms with E-state index in [0.29, 0.717) is 13.0 Å². The van der Waals surface area contributed by atoms with Crippen LogP contribution in [0.1, 0.15) is 24.9 Å². The molecule has 1 saturated heterocycles. The van der Waals surface area contributed by atoms with E-state index in [2.05, 4.69) is 24.2 Å². The van der Waals surface area contributed by atoms with Crippen molar-refractivity contribution < 1.29 is 4.79 Å². The Morgan fingerprint density at radius 1 is 1.24 bits per heavy atom. The molecule has 0 bridgehead atoms. The van der Waals surface area contributed by atoms with Crippen molar-refractivity contribution in [2.24, 2.45) is 0 Å². The van der Waals surface area contributed by atoms with Crippen LogP contribution in [-0.4, -0.2) is 55.5 Å². The first-order valence-corrected chi connectivity index (χ1v) is 7.89. The molecule has 1 atom stereocenters. The number of nitrogens with zero attached hydrogens (tertiary/aromatic N) is 2. The summed E-state index contributed by atoms with van der Waals surface area (Å²) in [4.78, 5) is 16.3. The second kappa shape index (κ2) is 7.78. The average Bonchev–Trinajstić information content (AvgIpc) is 2.48. The maximum Gasteiger partial charge on any atom is 0.223 e. The first-order valence-electron chi connectivity index (χ1n) is 7.51. The molecule has 1 aromatic carbocycles. The second-order valence-corrected chi connectivity index (χ2v) is 6.10. The van der Waals surface area contributed by atoms with Crippen molar-refractivity contribution in [2.45, 2.75) is 19.4 Å². The van der Waals surface area contributed by atoms with Crippen LogP contribution in [0.4, 0.5) is 0 Å². The van der Waals surface area contributed by atoms with E-state index in [1.54, 1.807) is 0 Å². The zero-order valence-corrected chi connectivity index (χ0v) is 13.6. The Bertz CT molecular complexity index is 455. The Morgan fingerprint density at radius 3 is 2.48 bits per heavy atom. The highest BCUT2D eigenvalue weighted by Gasteiger charge is 2.18. The summed E-state index contributed by atoms with van der Waals surface area (Å²) in [5.41, 5.74) is 1.19. The van der Waals surface area contributed by atoms with Crippen LogP contribution in [-0.2, 0) is 4.79 Å². The molecule has 1 amide bonds.